The van der Waals surface area contributed by atoms with Crippen molar-refractivity contribution in [3.63, 3.8) is 0 Å². The molecule has 198 valence electrons. The highest BCUT2D eigenvalue weighted by atomic mass is 32.2. The number of alkyl halides is 2. The molecule has 1 atom stereocenters. The quantitative estimate of drug-likeness (QED) is 0.278. The number of hydrogen-bond acceptors (Lipinski definition) is 6. The van der Waals surface area contributed by atoms with Crippen molar-refractivity contribution in [3.05, 3.63) is 59.9 Å². The molecule has 0 aliphatic carbocycles. The van der Waals surface area contributed by atoms with Crippen molar-refractivity contribution in [3.8, 4) is 5.75 Å². The van der Waals surface area contributed by atoms with Crippen molar-refractivity contribution in [2.75, 3.05) is 32.5 Å². The summed E-state index contributed by atoms with van der Waals surface area (Å²) < 4.78 is 34.9. The molecule has 3 heterocycles. The van der Waals surface area contributed by atoms with Crippen LogP contribution in [0.3, 0.4) is 0 Å². The summed E-state index contributed by atoms with van der Waals surface area (Å²) in [6.07, 6.45) is 3.71. The van der Waals surface area contributed by atoms with E-state index < -0.39 is 24.2 Å². The predicted molar refractivity (Wildman–Crippen MR) is 142 cm³/mol. The average molecular weight is 530 g/mol. The van der Waals surface area contributed by atoms with Crippen molar-refractivity contribution >= 4 is 28.6 Å². The molecule has 9 heteroatoms. The van der Waals surface area contributed by atoms with Crippen molar-refractivity contribution < 1.29 is 23.4 Å². The lowest BCUT2D eigenvalue weighted by Gasteiger charge is -2.41. The Morgan fingerprint density at radius 2 is 2.05 bits per heavy atom. The summed E-state index contributed by atoms with van der Waals surface area (Å²) in [5, 5.41) is 11.2. The Balaban J connectivity index is 1.42. The van der Waals surface area contributed by atoms with Gasteiger partial charge in [0.15, 0.2) is 0 Å². The van der Waals surface area contributed by atoms with Crippen molar-refractivity contribution in [2.24, 2.45) is 5.41 Å². The minimum atomic E-state index is -1.43. The number of ether oxygens (including phenoxy) is 1. The maximum atomic E-state index is 15.8. The van der Waals surface area contributed by atoms with Gasteiger partial charge in [0, 0.05) is 41.2 Å². The number of likely N-dealkylation sites (tertiary alicyclic amines) is 1. The largest absolute Gasteiger partial charge is 0.497 e. The first kappa shape index (κ1) is 27.3. The molecule has 1 fully saturated rings. The first-order valence-corrected chi connectivity index (χ1v) is 13.5. The van der Waals surface area contributed by atoms with Crippen LogP contribution in [0.25, 0.3) is 10.9 Å². The van der Waals surface area contributed by atoms with E-state index in [1.54, 1.807) is 36.2 Å². The Morgan fingerprint density at radius 3 is 2.73 bits per heavy atom. The summed E-state index contributed by atoms with van der Waals surface area (Å²) in [6, 6.07) is 11.0. The van der Waals surface area contributed by atoms with E-state index in [-0.39, 0.29) is 18.4 Å². The summed E-state index contributed by atoms with van der Waals surface area (Å²) in [5.74, 6) is 0.591. The van der Waals surface area contributed by atoms with Gasteiger partial charge in [-0.3, -0.25) is 9.78 Å². The van der Waals surface area contributed by atoms with E-state index in [1.165, 1.54) is 13.3 Å². The van der Waals surface area contributed by atoms with Gasteiger partial charge >= 0.3 is 5.97 Å². The number of halogens is 2. The standard InChI is InChI=1S/C28H33F2N3O3S/c1-36-21-5-6-24-22(16-21)27(20(18-29)19-32-24)23(30)7-8-28(17-26(34)35)9-12-33(13-10-28)14-15-37-25-4-2-3-11-31-25/h2-6,11,16,19,23H,7-10,12-15,17-18H2,1H3,(H,34,35). The fourth-order valence-corrected chi connectivity index (χ4v) is 6.08. The zero-order chi connectivity index (χ0) is 26.3. The lowest BCUT2D eigenvalue weighted by molar-refractivity contribution is -0.141. The molecule has 2 aromatic heterocycles. The molecular formula is C28H33F2N3O3S. The normalized spacial score (nSPS) is 16.5. The monoisotopic (exact) mass is 529 g/mol. The minimum absolute atomic E-state index is 0.0110. The number of rotatable bonds is 12. The van der Waals surface area contributed by atoms with Gasteiger partial charge in [0.25, 0.3) is 0 Å². The summed E-state index contributed by atoms with van der Waals surface area (Å²) in [5.41, 5.74) is 0.617. The first-order chi connectivity index (χ1) is 17.9. The second kappa shape index (κ2) is 12.6. The van der Waals surface area contributed by atoms with Gasteiger partial charge in [0.2, 0.25) is 0 Å². The number of piperidine rings is 1. The number of aromatic nitrogens is 2. The molecule has 4 rings (SSSR count). The number of benzene rings is 1. The third-order valence-electron chi connectivity index (χ3n) is 7.32. The van der Waals surface area contributed by atoms with Crippen LogP contribution in [0.15, 0.2) is 53.8 Å². The zero-order valence-electron chi connectivity index (χ0n) is 21.0. The fourth-order valence-electron chi connectivity index (χ4n) is 5.21. The van der Waals surface area contributed by atoms with Crippen molar-refractivity contribution in [1.29, 1.82) is 0 Å². The maximum absolute atomic E-state index is 15.8. The second-order valence-corrected chi connectivity index (χ2v) is 10.8. The number of carboxylic acid groups (broad SMARTS) is 1. The topological polar surface area (TPSA) is 75.6 Å². The molecule has 0 spiro atoms. The van der Waals surface area contributed by atoms with Crippen LogP contribution in [0, 0.1) is 5.41 Å². The van der Waals surface area contributed by atoms with Gasteiger partial charge in [0.05, 0.1) is 24.1 Å². The Morgan fingerprint density at radius 1 is 1.24 bits per heavy atom. The Bertz CT molecular complexity index is 1180. The fraction of sp³-hybridized carbons (Fsp3) is 0.464. The average Bonchev–Trinajstić information content (AvgIpc) is 2.92. The number of nitrogens with zero attached hydrogens (tertiary/aromatic N) is 3. The van der Waals surface area contributed by atoms with Crippen LogP contribution in [0.1, 0.15) is 49.4 Å². The lowest BCUT2D eigenvalue weighted by atomic mass is 9.71. The van der Waals surface area contributed by atoms with Crippen LogP contribution in [0.4, 0.5) is 8.78 Å². The summed E-state index contributed by atoms with van der Waals surface area (Å²) in [6.45, 7) is 1.62. The molecule has 0 amide bonds. The number of hydrogen-bond donors (Lipinski definition) is 1. The smallest absolute Gasteiger partial charge is 0.303 e. The third-order valence-corrected chi connectivity index (χ3v) is 8.25. The molecule has 1 unspecified atom stereocenters. The second-order valence-electron chi connectivity index (χ2n) is 9.65. The van der Waals surface area contributed by atoms with Gasteiger partial charge < -0.3 is 14.7 Å². The molecule has 1 aliphatic heterocycles. The number of fused-ring (bicyclic) bond motifs is 1. The van der Waals surface area contributed by atoms with Crippen LogP contribution in [-0.4, -0.2) is 58.4 Å². The van der Waals surface area contributed by atoms with Crippen molar-refractivity contribution in [1.82, 2.24) is 14.9 Å². The van der Waals surface area contributed by atoms with Crippen LogP contribution in [0.2, 0.25) is 0 Å². The van der Waals surface area contributed by atoms with Crippen LogP contribution >= 0.6 is 11.8 Å². The van der Waals surface area contributed by atoms with Crippen LogP contribution in [-0.2, 0) is 11.5 Å². The highest BCUT2D eigenvalue weighted by molar-refractivity contribution is 7.99. The summed E-state index contributed by atoms with van der Waals surface area (Å²) in [4.78, 5) is 22.7. The lowest BCUT2D eigenvalue weighted by Crippen LogP contribution is -2.42. The molecular weight excluding hydrogens is 496 g/mol. The summed E-state index contributed by atoms with van der Waals surface area (Å²) in [7, 11) is 1.53. The van der Waals surface area contributed by atoms with E-state index in [4.69, 9.17) is 4.74 Å². The number of carbonyl (C=O) groups is 1. The van der Waals surface area contributed by atoms with Crippen LogP contribution < -0.4 is 4.74 Å². The number of carboxylic acids is 1. The summed E-state index contributed by atoms with van der Waals surface area (Å²) >= 11 is 1.70. The molecule has 1 N–H and O–H groups in total. The van der Waals surface area contributed by atoms with E-state index >= 15 is 4.39 Å². The highest BCUT2D eigenvalue weighted by Gasteiger charge is 2.37. The molecule has 6 nitrogen and oxygen atoms in total. The minimum Gasteiger partial charge on any atom is -0.497 e. The van der Waals surface area contributed by atoms with Gasteiger partial charge in [-0.05, 0) is 74.5 Å². The zero-order valence-corrected chi connectivity index (χ0v) is 21.9. The molecule has 1 aromatic carbocycles. The first-order valence-electron chi connectivity index (χ1n) is 12.6. The number of aliphatic carboxylic acids is 1. The van der Waals surface area contributed by atoms with E-state index in [1.807, 2.05) is 18.2 Å². The van der Waals surface area contributed by atoms with Gasteiger partial charge in [-0.15, -0.1) is 11.8 Å². The predicted octanol–water partition coefficient (Wildman–Crippen LogP) is 6.25. The van der Waals surface area contributed by atoms with Gasteiger partial charge in [0.1, 0.15) is 18.6 Å². The molecule has 0 bridgehead atoms. The van der Waals surface area contributed by atoms with E-state index in [2.05, 4.69) is 14.9 Å². The Hall–Kier alpha value is -2.78. The van der Waals surface area contributed by atoms with E-state index in [0.717, 1.165) is 30.4 Å². The SMILES string of the molecule is COc1ccc2ncc(CF)c(C(F)CCC3(CC(=O)O)CCN(CCSc4ccccn4)CC3)c2c1. The van der Waals surface area contributed by atoms with Gasteiger partial charge in [-0.1, -0.05) is 6.07 Å². The molecule has 0 radical (unpaired) electrons. The number of pyridine rings is 2. The van der Waals surface area contributed by atoms with E-state index in [0.29, 0.717) is 41.5 Å². The molecule has 1 saturated heterocycles. The molecule has 3 aromatic rings. The maximum Gasteiger partial charge on any atom is 0.303 e. The Kier molecular flexibility index (Phi) is 9.32. The van der Waals surface area contributed by atoms with Gasteiger partial charge in [-0.25, -0.2) is 13.8 Å². The number of methoxy groups -OCH3 is 1. The molecule has 1 aliphatic rings. The van der Waals surface area contributed by atoms with Crippen LogP contribution in [0.5, 0.6) is 5.75 Å². The number of thioether (sulfide) groups is 1. The molecule has 0 saturated carbocycles. The van der Waals surface area contributed by atoms with Crippen molar-refractivity contribution in [2.45, 2.75) is 50.0 Å². The molecule has 37 heavy (non-hydrogen) atoms. The third kappa shape index (κ3) is 6.96. The van der Waals surface area contributed by atoms with E-state index in [9.17, 15) is 14.3 Å². The Labute approximate surface area is 220 Å². The highest BCUT2D eigenvalue weighted by Crippen LogP contribution is 2.43. The van der Waals surface area contributed by atoms with Gasteiger partial charge in [-0.2, -0.15) is 0 Å².